The van der Waals surface area contributed by atoms with Crippen LogP contribution >= 0.6 is 22.9 Å². The van der Waals surface area contributed by atoms with Crippen LogP contribution in [0.4, 0.5) is 5.13 Å². The third-order valence-corrected chi connectivity index (χ3v) is 7.41. The average molecular weight is 427 g/mol. The molecule has 1 aliphatic carbocycles. The molecule has 1 atom stereocenters. The van der Waals surface area contributed by atoms with Gasteiger partial charge in [0.05, 0.1) is 11.9 Å². The molecule has 2 aliphatic rings. The number of hydrogen-bond donors (Lipinski definition) is 0. The molecule has 0 unspecified atom stereocenters. The minimum atomic E-state index is 0.294. The van der Waals surface area contributed by atoms with Crippen LogP contribution in [0.5, 0.6) is 0 Å². The molecular weight excluding hydrogens is 408 g/mol. The summed E-state index contributed by atoms with van der Waals surface area (Å²) in [5.74, 6) is 1.74. The third-order valence-electron chi connectivity index (χ3n) is 6.20. The van der Waals surface area contributed by atoms with E-state index in [9.17, 15) is 0 Å². The number of imidazole rings is 1. The quantitative estimate of drug-likeness (QED) is 0.477. The van der Waals surface area contributed by atoms with Gasteiger partial charge in [-0.05, 0) is 43.7 Å². The molecule has 0 radical (unpaired) electrons. The smallest absolute Gasteiger partial charge is 0.230 e. The van der Waals surface area contributed by atoms with Crippen LogP contribution in [0.2, 0.25) is 5.02 Å². The van der Waals surface area contributed by atoms with Gasteiger partial charge in [0, 0.05) is 29.6 Å². The molecule has 1 aromatic carbocycles. The lowest BCUT2D eigenvalue weighted by Gasteiger charge is -2.32. The molecule has 1 saturated carbocycles. The number of nitrogens with zero attached hydrogens (tertiary/aromatic N) is 6. The summed E-state index contributed by atoms with van der Waals surface area (Å²) in [7, 11) is 0. The first-order valence-electron chi connectivity index (χ1n) is 9.77. The highest BCUT2D eigenvalue weighted by Gasteiger charge is 2.58. The molecule has 1 aliphatic heterocycles. The maximum Gasteiger partial charge on any atom is 0.230 e. The second kappa shape index (κ2) is 6.27. The Labute approximate surface area is 176 Å². The Bertz CT molecular complexity index is 1170. The van der Waals surface area contributed by atoms with Gasteiger partial charge in [0.25, 0.3) is 0 Å². The summed E-state index contributed by atoms with van der Waals surface area (Å²) in [6.07, 6.45) is 5.34. The molecule has 1 spiro atoms. The Morgan fingerprint density at radius 1 is 1.24 bits per heavy atom. The highest BCUT2D eigenvalue weighted by Crippen LogP contribution is 2.64. The number of rotatable bonds is 3. The van der Waals surface area contributed by atoms with Gasteiger partial charge in [0.1, 0.15) is 0 Å². The van der Waals surface area contributed by atoms with Crippen LogP contribution in [-0.2, 0) is 0 Å². The zero-order valence-electron chi connectivity index (χ0n) is 15.9. The van der Waals surface area contributed by atoms with E-state index in [1.54, 1.807) is 11.3 Å². The van der Waals surface area contributed by atoms with Gasteiger partial charge in [0.15, 0.2) is 0 Å². The van der Waals surface area contributed by atoms with Gasteiger partial charge in [0.2, 0.25) is 21.8 Å². The number of piperidine rings is 1. The number of fused-ring (bicyclic) bond motifs is 1. The van der Waals surface area contributed by atoms with Crippen LogP contribution in [-0.4, -0.2) is 37.8 Å². The van der Waals surface area contributed by atoms with Crippen LogP contribution in [0.25, 0.3) is 16.3 Å². The fraction of sp³-hybridized carbons (Fsp3) is 0.400. The van der Waals surface area contributed by atoms with E-state index in [1.165, 1.54) is 0 Å². The summed E-state index contributed by atoms with van der Waals surface area (Å²) in [5.41, 5.74) is 2.19. The summed E-state index contributed by atoms with van der Waals surface area (Å²) in [6.45, 7) is 4.00. The monoisotopic (exact) mass is 426 g/mol. The van der Waals surface area contributed by atoms with Crippen molar-refractivity contribution in [2.24, 2.45) is 5.41 Å². The zero-order chi connectivity index (χ0) is 19.6. The molecule has 3 aromatic heterocycles. The molecule has 0 amide bonds. The van der Waals surface area contributed by atoms with Crippen molar-refractivity contribution in [3.8, 4) is 11.4 Å². The third kappa shape index (κ3) is 2.93. The highest BCUT2D eigenvalue weighted by atomic mass is 35.5. The van der Waals surface area contributed by atoms with Crippen molar-refractivity contribution in [3.05, 3.63) is 47.1 Å². The predicted octanol–water partition coefficient (Wildman–Crippen LogP) is 4.58. The molecule has 148 valence electrons. The summed E-state index contributed by atoms with van der Waals surface area (Å²) in [4.78, 5) is 12.5. The molecule has 4 aromatic rings. The summed E-state index contributed by atoms with van der Waals surface area (Å²) in [5, 5.41) is 10.6. The van der Waals surface area contributed by atoms with E-state index in [-0.39, 0.29) is 0 Å². The molecule has 2 fully saturated rings. The standard InChI is InChI=1S/C20H19ClN6OS/c1-12-11-27-18(22-12)29-19(24-27)26-7-5-20(6-8-26)10-15(20)17-23-16(25-28-17)13-3-2-4-14(21)9-13/h2-4,9,11,15H,5-8,10H2,1H3/t15-/m1/s1. The normalized spacial score (nSPS) is 20.6. The lowest BCUT2D eigenvalue weighted by molar-refractivity contribution is 0.326. The maximum absolute atomic E-state index is 6.08. The Morgan fingerprint density at radius 3 is 2.90 bits per heavy atom. The first-order valence-corrected chi connectivity index (χ1v) is 11.0. The Balaban J connectivity index is 1.15. The van der Waals surface area contributed by atoms with Gasteiger partial charge >= 0.3 is 0 Å². The second-order valence-electron chi connectivity index (χ2n) is 8.07. The SMILES string of the molecule is Cc1cn2nc(N3CCC4(CC3)C[C@@H]4c3nc(-c4cccc(Cl)c4)no3)sc2n1. The van der Waals surface area contributed by atoms with E-state index in [4.69, 9.17) is 21.2 Å². The number of aromatic nitrogens is 5. The first-order chi connectivity index (χ1) is 14.1. The van der Waals surface area contributed by atoms with Gasteiger partial charge in [-0.25, -0.2) is 9.50 Å². The van der Waals surface area contributed by atoms with Crippen molar-refractivity contribution in [3.63, 3.8) is 0 Å². The topological polar surface area (TPSA) is 72.3 Å². The van der Waals surface area contributed by atoms with E-state index >= 15 is 0 Å². The van der Waals surface area contributed by atoms with E-state index in [0.717, 1.165) is 59.6 Å². The van der Waals surface area contributed by atoms with Crippen LogP contribution in [0.1, 0.15) is 36.8 Å². The fourth-order valence-electron chi connectivity index (χ4n) is 4.44. The van der Waals surface area contributed by atoms with Gasteiger partial charge in [-0.1, -0.05) is 40.2 Å². The number of aryl methyl sites for hydroxylation is 1. The van der Waals surface area contributed by atoms with Gasteiger partial charge in [-0.2, -0.15) is 4.98 Å². The van der Waals surface area contributed by atoms with Gasteiger partial charge < -0.3 is 9.42 Å². The zero-order valence-corrected chi connectivity index (χ0v) is 17.4. The van der Waals surface area contributed by atoms with Crippen molar-refractivity contribution in [2.45, 2.75) is 32.1 Å². The Hall–Kier alpha value is -2.45. The average Bonchev–Trinajstić information content (AvgIpc) is 3.08. The Morgan fingerprint density at radius 2 is 2.10 bits per heavy atom. The molecule has 0 bridgehead atoms. The largest absolute Gasteiger partial charge is 0.347 e. The van der Waals surface area contributed by atoms with Crippen molar-refractivity contribution in [1.29, 1.82) is 0 Å². The minimum Gasteiger partial charge on any atom is -0.347 e. The molecule has 4 heterocycles. The lowest BCUT2D eigenvalue weighted by Crippen LogP contribution is -2.35. The summed E-state index contributed by atoms with van der Waals surface area (Å²) >= 11 is 7.74. The fourth-order valence-corrected chi connectivity index (χ4v) is 5.61. The van der Waals surface area contributed by atoms with E-state index in [1.807, 2.05) is 41.9 Å². The molecule has 29 heavy (non-hydrogen) atoms. The molecule has 1 saturated heterocycles. The molecular formula is C20H19ClN6OS. The van der Waals surface area contributed by atoms with Crippen LogP contribution < -0.4 is 4.90 Å². The van der Waals surface area contributed by atoms with Gasteiger partial charge in [-0.3, -0.25) is 0 Å². The second-order valence-corrected chi connectivity index (χ2v) is 9.44. The molecule has 0 N–H and O–H groups in total. The van der Waals surface area contributed by atoms with Crippen molar-refractivity contribution >= 4 is 33.0 Å². The minimum absolute atomic E-state index is 0.294. The number of hydrogen-bond acceptors (Lipinski definition) is 7. The van der Waals surface area contributed by atoms with Crippen molar-refractivity contribution in [1.82, 2.24) is 24.7 Å². The lowest BCUT2D eigenvalue weighted by atomic mass is 9.91. The number of benzene rings is 1. The molecule has 7 nitrogen and oxygen atoms in total. The number of anilines is 1. The van der Waals surface area contributed by atoms with Crippen LogP contribution in [0.3, 0.4) is 0 Å². The molecule has 6 rings (SSSR count). The van der Waals surface area contributed by atoms with Crippen molar-refractivity contribution in [2.75, 3.05) is 18.0 Å². The van der Waals surface area contributed by atoms with Crippen LogP contribution in [0, 0.1) is 12.3 Å². The maximum atomic E-state index is 6.08. The predicted molar refractivity (Wildman–Crippen MR) is 112 cm³/mol. The van der Waals surface area contributed by atoms with Crippen LogP contribution in [0.15, 0.2) is 35.0 Å². The van der Waals surface area contributed by atoms with Gasteiger partial charge in [-0.15, -0.1) is 5.10 Å². The first kappa shape index (κ1) is 17.4. The van der Waals surface area contributed by atoms with E-state index < -0.39 is 0 Å². The summed E-state index contributed by atoms with van der Waals surface area (Å²) < 4.78 is 7.51. The molecule has 9 heteroatoms. The summed E-state index contributed by atoms with van der Waals surface area (Å²) in [6, 6.07) is 7.56. The van der Waals surface area contributed by atoms with Crippen molar-refractivity contribution < 1.29 is 4.52 Å². The number of halogens is 1. The van der Waals surface area contributed by atoms with E-state index in [2.05, 4.69) is 20.0 Å². The van der Waals surface area contributed by atoms with E-state index in [0.29, 0.717) is 22.2 Å². The highest BCUT2D eigenvalue weighted by molar-refractivity contribution is 7.20. The Kier molecular flexibility index (Phi) is 3.77.